The van der Waals surface area contributed by atoms with Gasteiger partial charge in [-0.1, -0.05) is 12.1 Å². The molecule has 0 saturated heterocycles. The number of ether oxygens (including phenoxy) is 2. The van der Waals surface area contributed by atoms with E-state index in [1.807, 2.05) is 5.38 Å². The Hall–Kier alpha value is -3.46. The van der Waals surface area contributed by atoms with Crippen molar-refractivity contribution in [3.05, 3.63) is 69.9 Å². The summed E-state index contributed by atoms with van der Waals surface area (Å²) in [5.41, 5.74) is 2.76. The molecular weight excluding hydrogens is 445 g/mol. The van der Waals surface area contributed by atoms with Gasteiger partial charge in [-0.2, -0.15) is 0 Å². The molecule has 1 aliphatic heterocycles. The fourth-order valence-electron chi connectivity index (χ4n) is 4.16. The van der Waals surface area contributed by atoms with Crippen molar-refractivity contribution in [1.29, 1.82) is 0 Å². The van der Waals surface area contributed by atoms with Gasteiger partial charge >= 0.3 is 11.9 Å². The molecule has 0 unspecified atom stereocenters. The number of carbonyl (C=O) groups excluding carboxylic acids is 2. The van der Waals surface area contributed by atoms with Crippen LogP contribution in [0.2, 0.25) is 0 Å². The minimum atomic E-state index is -0.872. The molecule has 1 aromatic carbocycles. The fourth-order valence-corrected chi connectivity index (χ4v) is 4.88. The van der Waals surface area contributed by atoms with Crippen LogP contribution in [0.4, 0.5) is 4.39 Å². The predicted octanol–water partition coefficient (Wildman–Crippen LogP) is 4.56. The maximum Gasteiger partial charge on any atom is 0.336 e. The number of thiazole rings is 1. The van der Waals surface area contributed by atoms with E-state index in [-0.39, 0.29) is 29.9 Å². The third-order valence-corrected chi connectivity index (χ3v) is 6.21. The first-order valence-electron chi connectivity index (χ1n) is 10.6. The van der Waals surface area contributed by atoms with Gasteiger partial charge in [0.25, 0.3) is 0 Å². The van der Waals surface area contributed by atoms with Crippen LogP contribution < -0.4 is 5.32 Å². The zero-order chi connectivity index (χ0) is 23.7. The number of halogens is 1. The molecule has 0 saturated carbocycles. The van der Waals surface area contributed by atoms with Gasteiger partial charge in [-0.05, 0) is 39.8 Å². The molecule has 0 fully saturated rings. The molecule has 9 heteroatoms. The van der Waals surface area contributed by atoms with Crippen LogP contribution >= 0.6 is 11.3 Å². The quantitative estimate of drug-likeness (QED) is 0.533. The van der Waals surface area contributed by atoms with Gasteiger partial charge in [-0.25, -0.2) is 19.0 Å². The highest BCUT2D eigenvalue weighted by Crippen LogP contribution is 2.44. The third kappa shape index (κ3) is 3.93. The maximum atomic E-state index is 14.9. The maximum absolute atomic E-state index is 14.9. The minimum Gasteiger partial charge on any atom is -0.463 e. The SMILES string of the molecule is CCOC(=O)C1=C(C)NC(C)=C(C(=O)OCC)C1c1c(-c2ccccc2F)nc2sccn12. The number of aromatic nitrogens is 2. The molecule has 33 heavy (non-hydrogen) atoms. The van der Waals surface area contributed by atoms with E-state index in [4.69, 9.17) is 9.47 Å². The summed E-state index contributed by atoms with van der Waals surface area (Å²) in [6, 6.07) is 6.31. The van der Waals surface area contributed by atoms with Crippen molar-refractivity contribution < 1.29 is 23.5 Å². The molecule has 0 radical (unpaired) electrons. The number of hydrogen-bond donors (Lipinski definition) is 1. The molecule has 3 aromatic rings. The van der Waals surface area contributed by atoms with Crippen LogP contribution in [0.5, 0.6) is 0 Å². The number of dihydropyridines is 1. The number of imidazole rings is 1. The summed E-state index contributed by atoms with van der Waals surface area (Å²) >= 11 is 1.38. The Bertz CT molecular complexity index is 1260. The smallest absolute Gasteiger partial charge is 0.336 e. The molecule has 1 aliphatic rings. The minimum absolute atomic E-state index is 0.167. The number of hydrogen-bond acceptors (Lipinski definition) is 7. The highest BCUT2D eigenvalue weighted by Gasteiger charge is 2.41. The number of fused-ring (bicyclic) bond motifs is 1. The van der Waals surface area contributed by atoms with Crippen LogP contribution in [0.25, 0.3) is 16.2 Å². The van der Waals surface area contributed by atoms with Gasteiger partial charge in [0.2, 0.25) is 0 Å². The molecule has 0 aliphatic carbocycles. The van der Waals surface area contributed by atoms with Gasteiger partial charge in [0, 0.05) is 28.5 Å². The van der Waals surface area contributed by atoms with E-state index in [1.54, 1.807) is 56.5 Å². The lowest BCUT2D eigenvalue weighted by Gasteiger charge is -2.30. The summed E-state index contributed by atoms with van der Waals surface area (Å²) < 4.78 is 27.4. The molecule has 0 atom stereocenters. The molecule has 7 nitrogen and oxygen atoms in total. The summed E-state index contributed by atoms with van der Waals surface area (Å²) in [4.78, 5) is 31.6. The molecule has 3 heterocycles. The molecule has 1 N–H and O–H groups in total. The second-order valence-electron chi connectivity index (χ2n) is 7.46. The lowest BCUT2D eigenvalue weighted by Crippen LogP contribution is -2.33. The summed E-state index contributed by atoms with van der Waals surface area (Å²) in [6.07, 6.45) is 1.80. The first kappa shape index (κ1) is 22.7. The Morgan fingerprint density at radius 3 is 2.27 bits per heavy atom. The van der Waals surface area contributed by atoms with Gasteiger partial charge in [0.1, 0.15) is 5.82 Å². The average Bonchev–Trinajstić information content (AvgIpc) is 3.35. The predicted molar refractivity (Wildman–Crippen MR) is 123 cm³/mol. The summed E-state index contributed by atoms with van der Waals surface area (Å²) in [6.45, 7) is 7.26. The lowest BCUT2D eigenvalue weighted by atomic mass is 9.81. The number of allylic oxidation sites excluding steroid dienone is 2. The zero-order valence-corrected chi connectivity index (χ0v) is 19.6. The third-order valence-electron chi connectivity index (χ3n) is 5.45. The highest BCUT2D eigenvalue weighted by molar-refractivity contribution is 7.15. The Morgan fingerprint density at radius 2 is 1.70 bits per heavy atom. The normalized spacial score (nSPS) is 14.6. The van der Waals surface area contributed by atoms with E-state index < -0.39 is 23.7 Å². The van der Waals surface area contributed by atoms with E-state index in [1.165, 1.54) is 17.4 Å². The van der Waals surface area contributed by atoms with E-state index in [0.29, 0.717) is 27.7 Å². The largest absolute Gasteiger partial charge is 0.463 e. The van der Waals surface area contributed by atoms with Crippen molar-refractivity contribution in [3.63, 3.8) is 0 Å². The first-order chi connectivity index (χ1) is 15.9. The fraction of sp³-hybridized carbons (Fsp3) is 0.292. The van der Waals surface area contributed by atoms with Crippen molar-refractivity contribution in [2.75, 3.05) is 13.2 Å². The molecule has 2 aromatic heterocycles. The van der Waals surface area contributed by atoms with E-state index >= 15 is 0 Å². The molecule has 0 bridgehead atoms. The topological polar surface area (TPSA) is 81.9 Å². The van der Waals surface area contributed by atoms with Crippen LogP contribution in [-0.2, 0) is 19.1 Å². The van der Waals surface area contributed by atoms with Crippen molar-refractivity contribution in [3.8, 4) is 11.3 Å². The van der Waals surface area contributed by atoms with Gasteiger partial charge in [0.15, 0.2) is 4.96 Å². The van der Waals surface area contributed by atoms with E-state index in [9.17, 15) is 14.0 Å². The van der Waals surface area contributed by atoms with E-state index in [2.05, 4.69) is 10.3 Å². The van der Waals surface area contributed by atoms with Crippen molar-refractivity contribution in [2.45, 2.75) is 33.6 Å². The molecule has 0 spiro atoms. The average molecular weight is 470 g/mol. The standard InChI is InChI=1S/C24H24FN3O4S/c1-5-31-22(29)17-13(3)26-14(4)18(23(30)32-6-2)19(17)21-20(15-9-7-8-10-16(15)25)27-24-28(21)11-12-33-24/h7-12,19,26H,5-6H2,1-4H3. The molecule has 4 rings (SSSR count). The molecular formula is C24H24FN3O4S. The molecule has 172 valence electrons. The number of esters is 2. The Kier molecular flexibility index (Phi) is 6.33. The van der Waals surface area contributed by atoms with Gasteiger partial charge < -0.3 is 14.8 Å². The lowest BCUT2D eigenvalue weighted by molar-refractivity contribution is -0.139. The number of carbonyl (C=O) groups is 2. The monoisotopic (exact) mass is 469 g/mol. The van der Waals surface area contributed by atoms with Crippen molar-refractivity contribution >= 4 is 28.2 Å². The summed E-state index contributed by atoms with van der Waals surface area (Å²) in [5.74, 6) is -2.45. The Balaban J connectivity index is 2.06. The Labute approximate surface area is 194 Å². The van der Waals surface area contributed by atoms with Crippen LogP contribution in [0, 0.1) is 5.82 Å². The second-order valence-corrected chi connectivity index (χ2v) is 8.33. The number of benzene rings is 1. The zero-order valence-electron chi connectivity index (χ0n) is 18.8. The summed E-state index contributed by atoms with van der Waals surface area (Å²) in [5, 5.41) is 4.97. The molecule has 0 amide bonds. The number of rotatable bonds is 6. The summed E-state index contributed by atoms with van der Waals surface area (Å²) in [7, 11) is 0. The number of nitrogens with zero attached hydrogens (tertiary/aromatic N) is 2. The van der Waals surface area contributed by atoms with Gasteiger partial charge in [0.05, 0.1) is 41.7 Å². The highest BCUT2D eigenvalue weighted by atomic mass is 32.1. The Morgan fingerprint density at radius 1 is 1.09 bits per heavy atom. The van der Waals surface area contributed by atoms with Crippen LogP contribution in [0.3, 0.4) is 0 Å². The first-order valence-corrected chi connectivity index (χ1v) is 11.5. The van der Waals surface area contributed by atoms with Crippen LogP contribution in [0.1, 0.15) is 39.3 Å². The van der Waals surface area contributed by atoms with Crippen molar-refractivity contribution in [1.82, 2.24) is 14.7 Å². The number of nitrogens with one attached hydrogen (secondary N) is 1. The van der Waals surface area contributed by atoms with Crippen LogP contribution in [0.15, 0.2) is 58.4 Å². The second kappa shape index (κ2) is 9.19. The van der Waals surface area contributed by atoms with Crippen LogP contribution in [-0.4, -0.2) is 34.5 Å². The van der Waals surface area contributed by atoms with Gasteiger partial charge in [-0.15, -0.1) is 11.3 Å². The van der Waals surface area contributed by atoms with Gasteiger partial charge in [-0.3, -0.25) is 4.40 Å². The van der Waals surface area contributed by atoms with Crippen molar-refractivity contribution in [2.24, 2.45) is 0 Å². The van der Waals surface area contributed by atoms with E-state index in [0.717, 1.165) is 0 Å².